The lowest BCUT2D eigenvalue weighted by Crippen LogP contribution is -2.41. The molecule has 1 saturated carbocycles. The number of aromatic nitrogens is 2. The van der Waals surface area contributed by atoms with Crippen molar-refractivity contribution in [2.45, 2.75) is 38.3 Å². The van der Waals surface area contributed by atoms with Crippen molar-refractivity contribution in [3.8, 4) is 0 Å². The fraction of sp³-hybridized carbons (Fsp3) is 0.739. The van der Waals surface area contributed by atoms with Crippen LogP contribution in [0.2, 0.25) is 5.02 Å². The van der Waals surface area contributed by atoms with Crippen molar-refractivity contribution >= 4 is 27.6 Å². The molecule has 1 aromatic rings. The number of hydrogen-bond acceptors (Lipinski definition) is 6. The van der Waals surface area contributed by atoms with Gasteiger partial charge in [0.25, 0.3) is 0 Å². The molecule has 196 valence electrons. The molecule has 0 aromatic carbocycles. The summed E-state index contributed by atoms with van der Waals surface area (Å²) >= 11 is 5.87. The van der Waals surface area contributed by atoms with Gasteiger partial charge in [-0.05, 0) is 43.4 Å². The van der Waals surface area contributed by atoms with Gasteiger partial charge in [0.1, 0.15) is 0 Å². The van der Waals surface area contributed by atoms with Crippen molar-refractivity contribution in [1.29, 1.82) is 0 Å². The van der Waals surface area contributed by atoms with Gasteiger partial charge in [-0.15, -0.1) is 0 Å². The lowest BCUT2D eigenvalue weighted by molar-refractivity contribution is -0.130. The number of hydrogen-bond donors (Lipinski definition) is 0. The predicted octanol–water partition coefficient (Wildman–Crippen LogP) is 4.16. The molecule has 0 spiro atoms. The second-order valence-corrected chi connectivity index (χ2v) is 12.3. The summed E-state index contributed by atoms with van der Waals surface area (Å²) in [6, 6.07) is 0. The molecule has 1 aromatic heterocycles. The number of piperidine rings is 2. The standard InChI is InChI=1S/C23H32ClF3N4O3S/c1-16-20(21(16)18-4-7-30(8-5-18)22-28-12-19(24)13-29-22)15-34-14-17-2-9-31(10-3-17)35(32,33)11-6-23(25,26)27/h12-13,17-18,20-21H,1-11,14-15H2/t20-,21-/m1/s1. The summed E-state index contributed by atoms with van der Waals surface area (Å²) in [6.45, 7) is 7.70. The second-order valence-electron chi connectivity index (χ2n) is 9.79. The summed E-state index contributed by atoms with van der Waals surface area (Å²) in [5.41, 5.74) is 1.25. The van der Waals surface area contributed by atoms with Gasteiger partial charge in [0.2, 0.25) is 16.0 Å². The monoisotopic (exact) mass is 536 g/mol. The van der Waals surface area contributed by atoms with Gasteiger partial charge in [-0.1, -0.05) is 23.8 Å². The van der Waals surface area contributed by atoms with Crippen LogP contribution in [-0.2, 0) is 14.8 Å². The zero-order valence-electron chi connectivity index (χ0n) is 19.6. The van der Waals surface area contributed by atoms with Gasteiger partial charge in [-0.3, -0.25) is 0 Å². The van der Waals surface area contributed by atoms with E-state index in [1.54, 1.807) is 12.4 Å². The molecule has 0 bridgehead atoms. The largest absolute Gasteiger partial charge is 0.390 e. The molecule has 0 amide bonds. The molecule has 35 heavy (non-hydrogen) atoms. The number of sulfonamides is 1. The lowest BCUT2D eigenvalue weighted by atomic mass is 9.91. The summed E-state index contributed by atoms with van der Waals surface area (Å²) in [5, 5.41) is 0.525. The highest BCUT2D eigenvalue weighted by molar-refractivity contribution is 7.89. The first-order valence-corrected chi connectivity index (χ1v) is 14.1. The van der Waals surface area contributed by atoms with Crippen molar-refractivity contribution < 1.29 is 26.3 Å². The van der Waals surface area contributed by atoms with E-state index in [2.05, 4.69) is 21.4 Å². The van der Waals surface area contributed by atoms with E-state index in [1.165, 1.54) is 9.88 Å². The van der Waals surface area contributed by atoms with Gasteiger partial charge in [0.15, 0.2) is 0 Å². The van der Waals surface area contributed by atoms with E-state index in [9.17, 15) is 21.6 Å². The molecule has 2 aliphatic heterocycles. The fourth-order valence-electron chi connectivity index (χ4n) is 5.26. The third-order valence-electron chi connectivity index (χ3n) is 7.43. The van der Waals surface area contributed by atoms with Crippen molar-refractivity contribution in [3.63, 3.8) is 0 Å². The highest BCUT2D eigenvalue weighted by Gasteiger charge is 2.48. The van der Waals surface area contributed by atoms with E-state index < -0.39 is 28.4 Å². The van der Waals surface area contributed by atoms with Crippen LogP contribution < -0.4 is 4.90 Å². The van der Waals surface area contributed by atoms with E-state index in [4.69, 9.17) is 16.3 Å². The van der Waals surface area contributed by atoms with E-state index >= 15 is 0 Å². The Morgan fingerprint density at radius 3 is 2.29 bits per heavy atom. The maximum atomic E-state index is 12.4. The number of anilines is 1. The van der Waals surface area contributed by atoms with Crippen LogP contribution in [0.3, 0.4) is 0 Å². The Bertz CT molecular complexity index is 977. The number of halogens is 4. The predicted molar refractivity (Wildman–Crippen MR) is 128 cm³/mol. The Hall–Kier alpha value is -1.43. The highest BCUT2D eigenvalue weighted by Crippen LogP contribution is 2.52. The number of alkyl halides is 3. The van der Waals surface area contributed by atoms with E-state index in [-0.39, 0.29) is 19.0 Å². The highest BCUT2D eigenvalue weighted by atomic mass is 35.5. The zero-order chi connectivity index (χ0) is 25.2. The van der Waals surface area contributed by atoms with Crippen molar-refractivity contribution in [3.05, 3.63) is 29.6 Å². The molecular formula is C23H32ClF3N4O3S. The molecule has 3 heterocycles. The van der Waals surface area contributed by atoms with Crippen LogP contribution >= 0.6 is 11.6 Å². The van der Waals surface area contributed by atoms with Gasteiger partial charge in [-0.2, -0.15) is 13.2 Å². The molecule has 7 nitrogen and oxygen atoms in total. The van der Waals surface area contributed by atoms with Crippen molar-refractivity contribution in [1.82, 2.24) is 14.3 Å². The Morgan fingerprint density at radius 1 is 1.06 bits per heavy atom. The summed E-state index contributed by atoms with van der Waals surface area (Å²) in [7, 11) is -3.87. The fourth-order valence-corrected chi connectivity index (χ4v) is 6.87. The summed E-state index contributed by atoms with van der Waals surface area (Å²) < 4.78 is 68.6. The minimum absolute atomic E-state index is 0.220. The normalized spacial score (nSPS) is 25.3. The van der Waals surface area contributed by atoms with Crippen molar-refractivity contribution in [2.24, 2.45) is 23.7 Å². The first-order chi connectivity index (χ1) is 16.5. The van der Waals surface area contributed by atoms with Crippen LogP contribution in [0.15, 0.2) is 24.5 Å². The number of rotatable bonds is 9. The summed E-state index contributed by atoms with van der Waals surface area (Å²) in [6.07, 6.45) is 0.758. The third-order valence-corrected chi connectivity index (χ3v) is 9.49. The SMILES string of the molecule is C=C1[C@@H](COCC2CCN(S(=O)(=O)CCC(F)(F)F)CC2)[C@H]1C1CCN(c2ncc(Cl)cn2)CC1. The Labute approximate surface area is 209 Å². The molecule has 0 N–H and O–H groups in total. The van der Waals surface area contributed by atoms with Crippen molar-refractivity contribution in [2.75, 3.05) is 50.0 Å². The maximum absolute atomic E-state index is 12.4. The second kappa shape index (κ2) is 10.9. The van der Waals surface area contributed by atoms with Crippen LogP contribution in [-0.4, -0.2) is 74.0 Å². The smallest absolute Gasteiger partial charge is 0.381 e. The lowest BCUT2D eigenvalue weighted by Gasteiger charge is -2.32. The Balaban J connectivity index is 1.13. The average molecular weight is 537 g/mol. The topological polar surface area (TPSA) is 75.6 Å². The zero-order valence-corrected chi connectivity index (χ0v) is 21.2. The van der Waals surface area contributed by atoms with E-state index in [0.29, 0.717) is 54.8 Å². The Morgan fingerprint density at radius 2 is 1.69 bits per heavy atom. The van der Waals surface area contributed by atoms with Crippen LogP contribution in [0.5, 0.6) is 0 Å². The van der Waals surface area contributed by atoms with Crippen LogP contribution in [0.25, 0.3) is 0 Å². The molecule has 3 aliphatic rings. The quantitative estimate of drug-likeness (QED) is 0.441. The van der Waals surface area contributed by atoms with Gasteiger partial charge in [0, 0.05) is 38.7 Å². The molecule has 2 saturated heterocycles. The summed E-state index contributed by atoms with van der Waals surface area (Å²) in [5.74, 6) is 1.46. The number of nitrogens with zero attached hydrogens (tertiary/aromatic N) is 4. The molecule has 1 aliphatic carbocycles. The molecule has 0 radical (unpaired) electrons. The van der Waals surface area contributed by atoms with E-state index in [1.807, 2.05) is 0 Å². The number of ether oxygens (including phenoxy) is 1. The summed E-state index contributed by atoms with van der Waals surface area (Å²) in [4.78, 5) is 10.8. The van der Waals surface area contributed by atoms with Gasteiger partial charge in [0.05, 0.1) is 36.2 Å². The van der Waals surface area contributed by atoms with Crippen LogP contribution in [0.4, 0.5) is 19.1 Å². The molecule has 4 rings (SSSR count). The molecule has 3 fully saturated rings. The minimum atomic E-state index is -4.47. The average Bonchev–Trinajstić information content (AvgIpc) is 3.47. The van der Waals surface area contributed by atoms with Gasteiger partial charge >= 0.3 is 6.18 Å². The molecular weight excluding hydrogens is 505 g/mol. The van der Waals surface area contributed by atoms with Gasteiger partial charge in [-0.25, -0.2) is 22.7 Å². The van der Waals surface area contributed by atoms with E-state index in [0.717, 1.165) is 25.9 Å². The molecule has 0 unspecified atom stereocenters. The van der Waals surface area contributed by atoms with Gasteiger partial charge < -0.3 is 9.64 Å². The third kappa shape index (κ3) is 7.08. The van der Waals surface area contributed by atoms with Crippen LogP contribution in [0.1, 0.15) is 32.1 Å². The van der Waals surface area contributed by atoms with Crippen LogP contribution in [0, 0.1) is 23.7 Å². The molecule has 2 atom stereocenters. The minimum Gasteiger partial charge on any atom is -0.381 e. The maximum Gasteiger partial charge on any atom is 0.390 e. The molecule has 12 heteroatoms. The Kier molecular flexibility index (Phi) is 8.29. The first kappa shape index (κ1) is 26.6. The first-order valence-electron chi connectivity index (χ1n) is 12.1.